The molecule has 3 aliphatic rings. The molecular formula is C19H25N5O4. The van der Waals surface area contributed by atoms with Crippen molar-refractivity contribution in [2.24, 2.45) is 0 Å². The van der Waals surface area contributed by atoms with Crippen LogP contribution < -0.4 is 10.9 Å². The topological polar surface area (TPSA) is 99.8 Å². The molecular weight excluding hydrogens is 362 g/mol. The lowest BCUT2D eigenvalue weighted by molar-refractivity contribution is -0.134. The molecule has 0 radical (unpaired) electrons. The average molecular weight is 387 g/mol. The fourth-order valence-corrected chi connectivity index (χ4v) is 4.19. The molecule has 9 nitrogen and oxygen atoms in total. The molecule has 3 atom stereocenters. The molecule has 28 heavy (non-hydrogen) atoms. The van der Waals surface area contributed by atoms with Crippen molar-refractivity contribution >= 4 is 11.6 Å². The molecule has 1 amide bonds. The first kappa shape index (κ1) is 17.8. The van der Waals surface area contributed by atoms with E-state index in [4.69, 9.17) is 9.47 Å². The molecule has 0 bridgehead atoms. The van der Waals surface area contributed by atoms with E-state index in [9.17, 15) is 9.59 Å². The molecule has 150 valence electrons. The number of hydrogen-bond acceptors (Lipinski definition) is 6. The highest BCUT2D eigenvalue weighted by atomic mass is 16.6. The molecule has 2 aromatic heterocycles. The van der Waals surface area contributed by atoms with Gasteiger partial charge in [-0.2, -0.15) is 0 Å². The number of ether oxygens (including phenoxy) is 2. The Kier molecular flexibility index (Phi) is 4.64. The number of carbonyl (C=O) groups is 1. The molecule has 2 aliphatic heterocycles. The summed E-state index contributed by atoms with van der Waals surface area (Å²) in [5, 5.41) is 11.1. The Labute approximate surface area is 162 Å². The van der Waals surface area contributed by atoms with Crippen LogP contribution in [0.3, 0.4) is 0 Å². The monoisotopic (exact) mass is 387 g/mol. The van der Waals surface area contributed by atoms with Gasteiger partial charge in [0.25, 0.3) is 5.56 Å². The first-order chi connectivity index (χ1) is 13.7. The van der Waals surface area contributed by atoms with E-state index in [0.29, 0.717) is 30.5 Å². The summed E-state index contributed by atoms with van der Waals surface area (Å²) in [6.07, 6.45) is 9.66. The Morgan fingerprint density at radius 2 is 2.04 bits per heavy atom. The largest absolute Gasteiger partial charge is 0.376 e. The highest BCUT2D eigenvalue weighted by molar-refractivity contribution is 5.81. The number of aromatic nitrogens is 4. The molecule has 2 aromatic rings. The number of carbonyl (C=O) groups excluding carboxylic acids is 1. The second-order valence-corrected chi connectivity index (χ2v) is 7.88. The molecule has 0 spiro atoms. The van der Waals surface area contributed by atoms with Gasteiger partial charge in [-0.3, -0.25) is 14.0 Å². The Morgan fingerprint density at radius 1 is 1.14 bits per heavy atom. The normalized spacial score (nSPS) is 27.5. The fourth-order valence-electron chi connectivity index (χ4n) is 4.19. The number of nitrogens with zero attached hydrogens (tertiary/aromatic N) is 4. The van der Waals surface area contributed by atoms with E-state index < -0.39 is 6.10 Å². The van der Waals surface area contributed by atoms with E-state index in [2.05, 4.69) is 15.5 Å². The smallest absolute Gasteiger partial charge is 0.296 e. The summed E-state index contributed by atoms with van der Waals surface area (Å²) in [6.45, 7) is 1.22. The van der Waals surface area contributed by atoms with Crippen molar-refractivity contribution in [2.75, 3.05) is 13.2 Å². The van der Waals surface area contributed by atoms with Crippen LogP contribution in [0.5, 0.6) is 0 Å². The lowest BCUT2D eigenvalue weighted by Gasteiger charge is -2.18. The van der Waals surface area contributed by atoms with Gasteiger partial charge >= 0.3 is 0 Å². The summed E-state index contributed by atoms with van der Waals surface area (Å²) in [7, 11) is 0. The predicted molar refractivity (Wildman–Crippen MR) is 99.1 cm³/mol. The van der Waals surface area contributed by atoms with Crippen LogP contribution >= 0.6 is 0 Å². The summed E-state index contributed by atoms with van der Waals surface area (Å²) in [6, 6.07) is 0.307. The van der Waals surface area contributed by atoms with Crippen LogP contribution in [0.15, 0.2) is 17.2 Å². The van der Waals surface area contributed by atoms with Crippen LogP contribution in [0.1, 0.15) is 50.4 Å². The Hall–Kier alpha value is -2.26. The molecule has 3 unspecified atom stereocenters. The average Bonchev–Trinajstić information content (AvgIpc) is 3.12. The van der Waals surface area contributed by atoms with Crippen LogP contribution in [0, 0.1) is 0 Å². The van der Waals surface area contributed by atoms with Crippen molar-refractivity contribution in [3.05, 3.63) is 28.6 Å². The zero-order chi connectivity index (χ0) is 19.1. The zero-order valence-electron chi connectivity index (χ0n) is 15.7. The Bertz CT molecular complexity index is 928. The van der Waals surface area contributed by atoms with Gasteiger partial charge in [0.1, 0.15) is 11.9 Å². The van der Waals surface area contributed by atoms with Gasteiger partial charge < -0.3 is 19.4 Å². The minimum atomic E-state index is -0.407. The molecule has 9 heteroatoms. The number of hydrogen-bond donors (Lipinski definition) is 1. The van der Waals surface area contributed by atoms with Crippen molar-refractivity contribution in [3.8, 4) is 0 Å². The maximum absolute atomic E-state index is 12.5. The summed E-state index contributed by atoms with van der Waals surface area (Å²) in [5.41, 5.74) is 0.238. The van der Waals surface area contributed by atoms with Crippen LogP contribution in [-0.2, 0) is 20.7 Å². The molecule has 2 saturated heterocycles. The third-order valence-corrected chi connectivity index (χ3v) is 5.88. The van der Waals surface area contributed by atoms with Gasteiger partial charge in [0, 0.05) is 38.0 Å². The molecule has 3 fully saturated rings. The number of rotatable bonds is 6. The summed E-state index contributed by atoms with van der Waals surface area (Å²) in [4.78, 5) is 24.9. The zero-order valence-corrected chi connectivity index (χ0v) is 15.7. The van der Waals surface area contributed by atoms with E-state index in [-0.39, 0.29) is 23.7 Å². The van der Waals surface area contributed by atoms with E-state index in [1.807, 2.05) is 6.20 Å². The first-order valence-electron chi connectivity index (χ1n) is 10.2. The minimum absolute atomic E-state index is 0.0346. The minimum Gasteiger partial charge on any atom is -0.376 e. The van der Waals surface area contributed by atoms with Crippen molar-refractivity contribution in [3.63, 3.8) is 0 Å². The van der Waals surface area contributed by atoms with Gasteiger partial charge in [-0.05, 0) is 38.5 Å². The lowest BCUT2D eigenvalue weighted by Crippen LogP contribution is -2.37. The second kappa shape index (κ2) is 7.29. The third-order valence-electron chi connectivity index (χ3n) is 5.88. The Morgan fingerprint density at radius 3 is 2.82 bits per heavy atom. The van der Waals surface area contributed by atoms with E-state index >= 15 is 0 Å². The SMILES string of the molecule is O=C(NCCc1nnc2c(=O)n(C3CC3)ccn12)C1CCC(C2CCCO2)O1. The van der Waals surface area contributed by atoms with Crippen LogP contribution in [0.2, 0.25) is 0 Å². The van der Waals surface area contributed by atoms with Gasteiger partial charge in [-0.1, -0.05) is 0 Å². The van der Waals surface area contributed by atoms with Gasteiger partial charge in [0.2, 0.25) is 11.6 Å². The summed E-state index contributed by atoms with van der Waals surface area (Å²) in [5.74, 6) is 0.574. The number of fused-ring (bicyclic) bond motifs is 1. The molecule has 0 aromatic carbocycles. The number of amides is 1. The van der Waals surface area contributed by atoms with Crippen molar-refractivity contribution in [2.45, 2.75) is 69.3 Å². The quantitative estimate of drug-likeness (QED) is 0.780. The predicted octanol–water partition coefficient (Wildman–Crippen LogP) is 0.611. The van der Waals surface area contributed by atoms with Crippen molar-refractivity contribution in [1.82, 2.24) is 24.5 Å². The maximum atomic E-state index is 12.5. The van der Waals surface area contributed by atoms with Crippen LogP contribution in [0.25, 0.3) is 5.65 Å². The van der Waals surface area contributed by atoms with Crippen molar-refractivity contribution < 1.29 is 14.3 Å². The molecule has 1 aliphatic carbocycles. The number of nitrogens with one attached hydrogen (secondary N) is 1. The van der Waals surface area contributed by atoms with E-state index in [0.717, 1.165) is 45.1 Å². The lowest BCUT2D eigenvalue weighted by atomic mass is 10.1. The summed E-state index contributed by atoms with van der Waals surface area (Å²) >= 11 is 0. The van der Waals surface area contributed by atoms with E-state index in [1.165, 1.54) is 0 Å². The summed E-state index contributed by atoms with van der Waals surface area (Å²) < 4.78 is 15.0. The highest BCUT2D eigenvalue weighted by Gasteiger charge is 2.37. The van der Waals surface area contributed by atoms with Gasteiger partial charge in [-0.25, -0.2) is 0 Å². The third kappa shape index (κ3) is 3.33. The van der Waals surface area contributed by atoms with Gasteiger partial charge in [0.05, 0.1) is 12.2 Å². The standard InChI is InChI=1S/C19H25N5O4/c25-18(15-6-5-14(28-15)13-2-1-11-27-13)20-8-7-16-21-22-17-19(26)23(12-3-4-12)9-10-24(16)17/h9-10,12-15H,1-8,11H2,(H,20,25). The maximum Gasteiger partial charge on any atom is 0.296 e. The van der Waals surface area contributed by atoms with Crippen LogP contribution in [0.4, 0.5) is 0 Å². The van der Waals surface area contributed by atoms with Crippen molar-refractivity contribution in [1.29, 1.82) is 0 Å². The highest BCUT2D eigenvalue weighted by Crippen LogP contribution is 2.33. The fraction of sp³-hybridized carbons (Fsp3) is 0.684. The molecule has 4 heterocycles. The molecule has 1 saturated carbocycles. The van der Waals surface area contributed by atoms with Crippen LogP contribution in [-0.4, -0.2) is 56.5 Å². The van der Waals surface area contributed by atoms with Gasteiger partial charge in [-0.15, -0.1) is 10.2 Å². The molecule has 5 rings (SSSR count). The Balaban J connectivity index is 1.16. The van der Waals surface area contributed by atoms with Gasteiger partial charge in [0.15, 0.2) is 0 Å². The molecule has 1 N–H and O–H groups in total. The first-order valence-corrected chi connectivity index (χ1v) is 10.2. The van der Waals surface area contributed by atoms with E-state index in [1.54, 1.807) is 15.2 Å². The second-order valence-electron chi connectivity index (χ2n) is 7.88.